The summed E-state index contributed by atoms with van der Waals surface area (Å²) >= 11 is 0. The molecule has 1 N–H and O–H groups in total. The van der Waals surface area contributed by atoms with Crippen LogP contribution >= 0.6 is 0 Å². The summed E-state index contributed by atoms with van der Waals surface area (Å²) in [6.45, 7) is 1.02. The molecule has 1 aliphatic carbocycles. The highest BCUT2D eigenvalue weighted by molar-refractivity contribution is 5.21. The van der Waals surface area contributed by atoms with Crippen LogP contribution in [0.15, 0.2) is 24.3 Å². The van der Waals surface area contributed by atoms with E-state index in [1.807, 2.05) is 19.2 Å². The Kier molecular flexibility index (Phi) is 4.13. The Morgan fingerprint density at radius 1 is 1.41 bits per heavy atom. The minimum atomic E-state index is -0.110. The predicted molar refractivity (Wildman–Crippen MR) is 68.5 cm³/mol. The fourth-order valence-corrected chi connectivity index (χ4v) is 2.24. The van der Waals surface area contributed by atoms with E-state index in [-0.39, 0.29) is 11.9 Å². The van der Waals surface area contributed by atoms with Crippen molar-refractivity contribution in [3.63, 3.8) is 0 Å². The Labute approximate surface area is 103 Å². The molecule has 1 fully saturated rings. The molecule has 0 aliphatic heterocycles. The first-order chi connectivity index (χ1) is 8.22. The maximum Gasteiger partial charge on any atom is 0.127 e. The van der Waals surface area contributed by atoms with Gasteiger partial charge in [-0.05, 0) is 46.0 Å². The van der Waals surface area contributed by atoms with Gasteiger partial charge in [-0.15, -0.1) is 0 Å². The molecule has 1 unspecified atom stereocenters. The van der Waals surface area contributed by atoms with Gasteiger partial charge in [0.15, 0.2) is 0 Å². The smallest absolute Gasteiger partial charge is 0.127 e. The maximum atomic E-state index is 13.7. The third-order valence-corrected chi connectivity index (χ3v) is 3.57. The van der Waals surface area contributed by atoms with E-state index in [9.17, 15) is 4.39 Å². The van der Waals surface area contributed by atoms with Crippen LogP contribution in [0.25, 0.3) is 0 Å². The van der Waals surface area contributed by atoms with E-state index in [0.29, 0.717) is 0 Å². The lowest BCUT2D eigenvalue weighted by Crippen LogP contribution is -2.27. The SMILES string of the molecule is CNC(CCN(C)C1CC1)c1ccccc1F. The standard InChI is InChI=1S/C14H21FN2/c1-16-14(9-10-17(2)11-7-8-11)12-5-3-4-6-13(12)15/h3-6,11,14,16H,7-10H2,1-2H3. The van der Waals surface area contributed by atoms with Crippen LogP contribution in [0.4, 0.5) is 4.39 Å². The zero-order valence-corrected chi connectivity index (χ0v) is 10.6. The molecule has 0 aromatic heterocycles. The van der Waals surface area contributed by atoms with Crippen LogP contribution in [0.1, 0.15) is 30.9 Å². The summed E-state index contributed by atoms with van der Waals surface area (Å²) in [5, 5.41) is 3.21. The van der Waals surface area contributed by atoms with Gasteiger partial charge in [0.05, 0.1) is 0 Å². The molecule has 3 heteroatoms. The van der Waals surface area contributed by atoms with Gasteiger partial charge in [-0.2, -0.15) is 0 Å². The van der Waals surface area contributed by atoms with E-state index in [2.05, 4.69) is 17.3 Å². The first kappa shape index (κ1) is 12.5. The number of hydrogen-bond donors (Lipinski definition) is 1. The molecule has 1 atom stereocenters. The molecule has 0 saturated heterocycles. The first-order valence-electron chi connectivity index (χ1n) is 6.34. The molecule has 0 bridgehead atoms. The van der Waals surface area contributed by atoms with E-state index >= 15 is 0 Å². The summed E-state index contributed by atoms with van der Waals surface area (Å²) in [6.07, 6.45) is 3.59. The minimum absolute atomic E-state index is 0.109. The second-order valence-corrected chi connectivity index (χ2v) is 4.86. The van der Waals surface area contributed by atoms with Crippen LogP contribution in [-0.2, 0) is 0 Å². The van der Waals surface area contributed by atoms with Gasteiger partial charge in [0, 0.05) is 17.6 Å². The molecule has 1 aromatic carbocycles. The van der Waals surface area contributed by atoms with E-state index in [1.54, 1.807) is 6.07 Å². The van der Waals surface area contributed by atoms with E-state index in [4.69, 9.17) is 0 Å². The molecule has 17 heavy (non-hydrogen) atoms. The Bertz CT molecular complexity index is 363. The summed E-state index contributed by atoms with van der Waals surface area (Å²) in [4.78, 5) is 2.38. The summed E-state index contributed by atoms with van der Waals surface area (Å²) < 4.78 is 13.7. The number of hydrogen-bond acceptors (Lipinski definition) is 2. The molecule has 0 spiro atoms. The van der Waals surface area contributed by atoms with Crippen LogP contribution in [0.3, 0.4) is 0 Å². The third-order valence-electron chi connectivity index (χ3n) is 3.57. The van der Waals surface area contributed by atoms with Gasteiger partial charge in [0.1, 0.15) is 5.82 Å². The van der Waals surface area contributed by atoms with Gasteiger partial charge < -0.3 is 10.2 Å². The van der Waals surface area contributed by atoms with Crippen molar-refractivity contribution in [2.24, 2.45) is 0 Å². The molecular weight excluding hydrogens is 215 g/mol. The second kappa shape index (κ2) is 5.61. The highest BCUT2D eigenvalue weighted by atomic mass is 19.1. The first-order valence-corrected chi connectivity index (χ1v) is 6.34. The van der Waals surface area contributed by atoms with Crippen LogP contribution in [-0.4, -0.2) is 31.6 Å². The summed E-state index contributed by atoms with van der Waals surface area (Å²) in [5.41, 5.74) is 0.777. The van der Waals surface area contributed by atoms with Gasteiger partial charge in [0.25, 0.3) is 0 Å². The summed E-state index contributed by atoms with van der Waals surface area (Å²) in [6, 6.07) is 7.91. The fourth-order valence-electron chi connectivity index (χ4n) is 2.24. The van der Waals surface area contributed by atoms with Crippen LogP contribution in [0.2, 0.25) is 0 Å². The van der Waals surface area contributed by atoms with E-state index < -0.39 is 0 Å². The normalized spacial score (nSPS) is 17.4. The topological polar surface area (TPSA) is 15.3 Å². The highest BCUT2D eigenvalue weighted by Crippen LogP contribution is 2.27. The number of halogens is 1. The molecular formula is C14H21FN2. The number of rotatable bonds is 6. The largest absolute Gasteiger partial charge is 0.313 e. The molecule has 1 aliphatic rings. The van der Waals surface area contributed by atoms with Crippen LogP contribution in [0.5, 0.6) is 0 Å². The van der Waals surface area contributed by atoms with Crippen molar-refractivity contribution in [3.8, 4) is 0 Å². The summed E-state index contributed by atoms with van der Waals surface area (Å²) in [5.74, 6) is -0.110. The van der Waals surface area contributed by atoms with Crippen molar-refractivity contribution in [2.75, 3.05) is 20.6 Å². The van der Waals surface area contributed by atoms with Crippen molar-refractivity contribution >= 4 is 0 Å². The Balaban J connectivity index is 1.93. The van der Waals surface area contributed by atoms with E-state index in [1.165, 1.54) is 18.9 Å². The van der Waals surface area contributed by atoms with Crippen molar-refractivity contribution in [1.82, 2.24) is 10.2 Å². The minimum Gasteiger partial charge on any atom is -0.313 e. The number of nitrogens with zero attached hydrogens (tertiary/aromatic N) is 1. The predicted octanol–water partition coefficient (Wildman–Crippen LogP) is 2.57. The fraction of sp³-hybridized carbons (Fsp3) is 0.571. The quantitative estimate of drug-likeness (QED) is 0.816. The average Bonchev–Trinajstić information content (AvgIpc) is 3.15. The zero-order chi connectivity index (χ0) is 12.3. The van der Waals surface area contributed by atoms with Crippen molar-refractivity contribution in [3.05, 3.63) is 35.6 Å². The van der Waals surface area contributed by atoms with Crippen molar-refractivity contribution < 1.29 is 4.39 Å². The molecule has 0 amide bonds. The molecule has 2 nitrogen and oxygen atoms in total. The molecule has 2 rings (SSSR count). The van der Waals surface area contributed by atoms with Crippen molar-refractivity contribution in [2.45, 2.75) is 31.3 Å². The Morgan fingerprint density at radius 2 is 2.12 bits per heavy atom. The highest BCUT2D eigenvalue weighted by Gasteiger charge is 2.26. The average molecular weight is 236 g/mol. The second-order valence-electron chi connectivity index (χ2n) is 4.86. The molecule has 1 aromatic rings. The van der Waals surface area contributed by atoms with Gasteiger partial charge in [-0.25, -0.2) is 4.39 Å². The van der Waals surface area contributed by atoms with Gasteiger partial charge in [0.2, 0.25) is 0 Å². The number of nitrogens with one attached hydrogen (secondary N) is 1. The molecule has 0 radical (unpaired) electrons. The van der Waals surface area contributed by atoms with Gasteiger partial charge >= 0.3 is 0 Å². The van der Waals surface area contributed by atoms with E-state index in [0.717, 1.165) is 24.6 Å². The maximum absolute atomic E-state index is 13.7. The lowest BCUT2D eigenvalue weighted by Gasteiger charge is -2.21. The molecule has 94 valence electrons. The third kappa shape index (κ3) is 3.27. The molecule has 0 heterocycles. The molecule has 1 saturated carbocycles. The Hall–Kier alpha value is -0.930. The Morgan fingerprint density at radius 3 is 2.71 bits per heavy atom. The summed E-state index contributed by atoms with van der Waals surface area (Å²) in [7, 11) is 4.06. The lowest BCUT2D eigenvalue weighted by molar-refractivity contribution is 0.300. The number of benzene rings is 1. The monoisotopic (exact) mass is 236 g/mol. The van der Waals surface area contributed by atoms with Crippen LogP contribution in [0, 0.1) is 5.82 Å². The van der Waals surface area contributed by atoms with Crippen molar-refractivity contribution in [1.29, 1.82) is 0 Å². The zero-order valence-electron chi connectivity index (χ0n) is 10.6. The van der Waals surface area contributed by atoms with Crippen LogP contribution < -0.4 is 5.32 Å². The van der Waals surface area contributed by atoms with Gasteiger partial charge in [-0.3, -0.25) is 0 Å². The lowest BCUT2D eigenvalue weighted by atomic mass is 10.0. The van der Waals surface area contributed by atoms with Gasteiger partial charge in [-0.1, -0.05) is 18.2 Å².